The molecule has 0 bridgehead atoms. The molecule has 6 heteroatoms. The second kappa shape index (κ2) is 4.80. The molecule has 1 heterocycles. The van der Waals surface area contributed by atoms with Gasteiger partial charge in [0.2, 0.25) is 0 Å². The molecular formula is C11H7BrCl2N2O. The van der Waals surface area contributed by atoms with Gasteiger partial charge in [0, 0.05) is 5.02 Å². The van der Waals surface area contributed by atoms with Crippen LogP contribution in [0.15, 0.2) is 33.7 Å². The minimum atomic E-state index is -0.269. The lowest BCUT2D eigenvalue weighted by atomic mass is 10.3. The van der Waals surface area contributed by atoms with Crippen LogP contribution < -0.4 is 5.56 Å². The van der Waals surface area contributed by atoms with Crippen molar-refractivity contribution >= 4 is 39.1 Å². The Kier molecular flexibility index (Phi) is 3.56. The Morgan fingerprint density at radius 2 is 2.06 bits per heavy atom. The van der Waals surface area contributed by atoms with E-state index in [0.717, 1.165) is 5.56 Å². The Morgan fingerprint density at radius 3 is 2.76 bits per heavy atom. The predicted octanol–water partition coefficient (Wildman–Crippen LogP) is 3.61. The standard InChI is InChI=1S/C11H7BrCl2N2O/c1-6-5-15-16(11(17)10(6)12)9-4-7(13)2-3-8(9)14/h2-5H,1H3. The molecule has 0 aliphatic heterocycles. The van der Waals surface area contributed by atoms with Crippen molar-refractivity contribution in [3.63, 3.8) is 0 Å². The summed E-state index contributed by atoms with van der Waals surface area (Å²) in [7, 11) is 0. The van der Waals surface area contributed by atoms with Crippen LogP contribution in [0.5, 0.6) is 0 Å². The Hall–Kier alpha value is -0.840. The number of aryl methyl sites for hydroxylation is 1. The minimum Gasteiger partial charge on any atom is -0.266 e. The quantitative estimate of drug-likeness (QED) is 0.799. The van der Waals surface area contributed by atoms with E-state index in [1.807, 2.05) is 0 Å². The van der Waals surface area contributed by atoms with Crippen molar-refractivity contribution in [3.8, 4) is 5.69 Å². The molecule has 1 aromatic carbocycles. The van der Waals surface area contributed by atoms with Crippen molar-refractivity contribution in [2.75, 3.05) is 0 Å². The summed E-state index contributed by atoms with van der Waals surface area (Å²) in [5.74, 6) is 0. The molecule has 0 saturated heterocycles. The van der Waals surface area contributed by atoms with Crippen molar-refractivity contribution in [2.45, 2.75) is 6.92 Å². The first-order valence-corrected chi connectivity index (χ1v) is 6.25. The van der Waals surface area contributed by atoms with E-state index in [0.29, 0.717) is 20.2 Å². The van der Waals surface area contributed by atoms with E-state index in [2.05, 4.69) is 21.0 Å². The molecule has 0 unspecified atom stereocenters. The van der Waals surface area contributed by atoms with Crippen LogP contribution >= 0.6 is 39.1 Å². The van der Waals surface area contributed by atoms with Gasteiger partial charge in [-0.2, -0.15) is 9.78 Å². The van der Waals surface area contributed by atoms with Crippen LogP contribution in [-0.4, -0.2) is 9.78 Å². The third-order valence-electron chi connectivity index (χ3n) is 2.23. The van der Waals surface area contributed by atoms with Gasteiger partial charge in [0.05, 0.1) is 21.4 Å². The zero-order valence-electron chi connectivity index (χ0n) is 8.75. The SMILES string of the molecule is Cc1cnn(-c2cc(Cl)ccc2Cl)c(=O)c1Br. The monoisotopic (exact) mass is 332 g/mol. The van der Waals surface area contributed by atoms with Crippen LogP contribution in [0, 0.1) is 6.92 Å². The van der Waals surface area contributed by atoms with Crippen LogP contribution in [-0.2, 0) is 0 Å². The van der Waals surface area contributed by atoms with Gasteiger partial charge in [-0.25, -0.2) is 0 Å². The Bertz CT molecular complexity index is 640. The Morgan fingerprint density at radius 1 is 1.35 bits per heavy atom. The van der Waals surface area contributed by atoms with E-state index in [-0.39, 0.29) is 5.56 Å². The zero-order valence-corrected chi connectivity index (χ0v) is 11.8. The van der Waals surface area contributed by atoms with E-state index >= 15 is 0 Å². The lowest BCUT2D eigenvalue weighted by Crippen LogP contribution is -2.22. The molecule has 2 aromatic rings. The van der Waals surface area contributed by atoms with Gasteiger partial charge < -0.3 is 0 Å². The highest BCUT2D eigenvalue weighted by Crippen LogP contribution is 2.23. The van der Waals surface area contributed by atoms with Gasteiger partial charge in [0.25, 0.3) is 5.56 Å². The third-order valence-corrected chi connectivity index (χ3v) is 3.75. The summed E-state index contributed by atoms with van der Waals surface area (Å²) in [6.45, 7) is 1.79. The molecule has 0 fully saturated rings. The van der Waals surface area contributed by atoms with Crippen molar-refractivity contribution < 1.29 is 0 Å². The summed E-state index contributed by atoms with van der Waals surface area (Å²) in [5.41, 5.74) is 0.962. The second-order valence-corrected chi connectivity index (χ2v) is 5.09. The number of hydrogen-bond donors (Lipinski definition) is 0. The molecule has 0 amide bonds. The van der Waals surface area contributed by atoms with Gasteiger partial charge in [-0.3, -0.25) is 4.79 Å². The number of halogens is 3. The first kappa shape index (κ1) is 12.6. The normalized spacial score (nSPS) is 10.6. The highest BCUT2D eigenvalue weighted by Gasteiger charge is 2.10. The van der Waals surface area contributed by atoms with Crippen molar-refractivity contribution in [1.82, 2.24) is 9.78 Å². The lowest BCUT2D eigenvalue weighted by molar-refractivity contribution is 0.793. The number of hydrogen-bond acceptors (Lipinski definition) is 2. The van der Waals surface area contributed by atoms with Gasteiger partial charge in [-0.1, -0.05) is 23.2 Å². The van der Waals surface area contributed by atoms with E-state index in [4.69, 9.17) is 23.2 Å². The molecule has 3 nitrogen and oxygen atoms in total. The zero-order chi connectivity index (χ0) is 12.6. The maximum atomic E-state index is 12.0. The van der Waals surface area contributed by atoms with E-state index < -0.39 is 0 Å². The molecule has 2 rings (SSSR count). The molecule has 0 spiro atoms. The summed E-state index contributed by atoms with van der Waals surface area (Å²) >= 11 is 15.1. The summed E-state index contributed by atoms with van der Waals surface area (Å²) in [5, 5.41) is 4.95. The largest absolute Gasteiger partial charge is 0.286 e. The molecular weight excluding hydrogens is 327 g/mol. The molecule has 0 radical (unpaired) electrons. The number of benzene rings is 1. The summed E-state index contributed by atoms with van der Waals surface area (Å²) in [6, 6.07) is 4.88. The van der Waals surface area contributed by atoms with Crippen LogP contribution in [0.4, 0.5) is 0 Å². The van der Waals surface area contributed by atoms with Crippen LogP contribution in [0.1, 0.15) is 5.56 Å². The second-order valence-electron chi connectivity index (χ2n) is 3.45. The van der Waals surface area contributed by atoms with E-state index in [1.54, 1.807) is 31.3 Å². The highest BCUT2D eigenvalue weighted by atomic mass is 79.9. The van der Waals surface area contributed by atoms with Crippen LogP contribution in [0.2, 0.25) is 10.0 Å². The fourth-order valence-electron chi connectivity index (χ4n) is 1.33. The van der Waals surface area contributed by atoms with Gasteiger partial charge in [0.1, 0.15) is 0 Å². The summed E-state index contributed by atoms with van der Waals surface area (Å²) < 4.78 is 1.68. The molecule has 1 aromatic heterocycles. The lowest BCUT2D eigenvalue weighted by Gasteiger charge is -2.08. The molecule has 0 N–H and O–H groups in total. The molecule has 0 saturated carbocycles. The van der Waals surface area contributed by atoms with Crippen molar-refractivity contribution in [1.29, 1.82) is 0 Å². The average Bonchev–Trinajstić information content (AvgIpc) is 2.30. The highest BCUT2D eigenvalue weighted by molar-refractivity contribution is 9.10. The molecule has 0 aliphatic rings. The fraction of sp³-hybridized carbons (Fsp3) is 0.0909. The predicted molar refractivity (Wildman–Crippen MR) is 72.3 cm³/mol. The van der Waals surface area contributed by atoms with Crippen LogP contribution in [0.3, 0.4) is 0 Å². The van der Waals surface area contributed by atoms with E-state index in [1.165, 1.54) is 4.68 Å². The Labute approximate surface area is 116 Å². The number of rotatable bonds is 1. The first-order valence-electron chi connectivity index (χ1n) is 4.70. The van der Waals surface area contributed by atoms with E-state index in [9.17, 15) is 4.79 Å². The summed E-state index contributed by atoms with van der Waals surface area (Å²) in [4.78, 5) is 12.0. The van der Waals surface area contributed by atoms with Gasteiger partial charge in [0.15, 0.2) is 0 Å². The average molecular weight is 334 g/mol. The maximum absolute atomic E-state index is 12.0. The third kappa shape index (κ3) is 2.39. The van der Waals surface area contributed by atoms with Gasteiger partial charge in [-0.05, 0) is 46.6 Å². The fourth-order valence-corrected chi connectivity index (χ4v) is 1.97. The topological polar surface area (TPSA) is 34.9 Å². The number of aromatic nitrogens is 2. The number of nitrogens with zero attached hydrogens (tertiary/aromatic N) is 2. The minimum absolute atomic E-state index is 0.269. The smallest absolute Gasteiger partial charge is 0.266 e. The maximum Gasteiger partial charge on any atom is 0.286 e. The van der Waals surface area contributed by atoms with Crippen LogP contribution in [0.25, 0.3) is 5.69 Å². The molecule has 88 valence electrons. The van der Waals surface area contributed by atoms with Gasteiger partial charge in [-0.15, -0.1) is 0 Å². The molecule has 17 heavy (non-hydrogen) atoms. The van der Waals surface area contributed by atoms with Crippen molar-refractivity contribution in [2.24, 2.45) is 0 Å². The first-order chi connectivity index (χ1) is 8.00. The van der Waals surface area contributed by atoms with Gasteiger partial charge >= 0.3 is 0 Å². The molecule has 0 atom stereocenters. The molecule has 0 aliphatic carbocycles. The summed E-state index contributed by atoms with van der Waals surface area (Å²) in [6.07, 6.45) is 1.59. The van der Waals surface area contributed by atoms with Crippen molar-refractivity contribution in [3.05, 3.63) is 54.8 Å². The Balaban J connectivity index is 2.73.